The molecule has 1 aromatic rings. The third-order valence-electron chi connectivity index (χ3n) is 5.09. The van der Waals surface area contributed by atoms with Gasteiger partial charge in [-0.15, -0.1) is 12.3 Å². The van der Waals surface area contributed by atoms with Crippen molar-refractivity contribution >= 4 is 11.6 Å². The van der Waals surface area contributed by atoms with Crippen LogP contribution >= 0.6 is 0 Å². The molecule has 0 aromatic heterocycles. The molecule has 1 atom stereocenters. The van der Waals surface area contributed by atoms with Gasteiger partial charge in [0, 0.05) is 50.5 Å². The quantitative estimate of drug-likeness (QED) is 0.759. The Kier molecular flexibility index (Phi) is 5.55. The number of benzene rings is 1. The average Bonchev–Trinajstić information content (AvgIpc) is 3.39. The second-order valence-corrected chi connectivity index (χ2v) is 7.17. The highest BCUT2D eigenvalue weighted by molar-refractivity contribution is 5.76. The van der Waals surface area contributed by atoms with Crippen LogP contribution in [0.1, 0.15) is 44.1 Å². The minimum absolute atomic E-state index is 0.0325. The summed E-state index contributed by atoms with van der Waals surface area (Å²) in [6, 6.07) is 4.97. The first kappa shape index (κ1) is 18.4. The van der Waals surface area contributed by atoms with E-state index in [1.165, 1.54) is 6.07 Å². The van der Waals surface area contributed by atoms with Crippen LogP contribution in [-0.2, 0) is 4.79 Å². The maximum Gasteiger partial charge on any atom is 0.220 e. The Balaban J connectivity index is 1.49. The summed E-state index contributed by atoms with van der Waals surface area (Å²) in [7, 11) is 0. The van der Waals surface area contributed by atoms with E-state index in [2.05, 4.69) is 26.4 Å². The zero-order valence-electron chi connectivity index (χ0n) is 15.2. The molecule has 1 aromatic carbocycles. The highest BCUT2D eigenvalue weighted by atomic mass is 19.1. The van der Waals surface area contributed by atoms with Crippen molar-refractivity contribution in [3.8, 4) is 12.3 Å². The van der Waals surface area contributed by atoms with Gasteiger partial charge in [0.15, 0.2) is 5.66 Å². The van der Waals surface area contributed by atoms with Gasteiger partial charge >= 0.3 is 0 Å². The van der Waals surface area contributed by atoms with Crippen molar-refractivity contribution in [1.82, 2.24) is 5.32 Å². The van der Waals surface area contributed by atoms with Gasteiger partial charge < -0.3 is 10.2 Å². The number of piperidine rings is 1. The molecule has 26 heavy (non-hydrogen) atoms. The Morgan fingerprint density at radius 1 is 1.46 bits per heavy atom. The van der Waals surface area contributed by atoms with Crippen LogP contribution in [0.25, 0.3) is 0 Å². The van der Waals surface area contributed by atoms with Crippen LogP contribution in [0.3, 0.4) is 0 Å². The van der Waals surface area contributed by atoms with Crippen LogP contribution in [0, 0.1) is 25.1 Å². The Hall–Kier alpha value is -2.42. The van der Waals surface area contributed by atoms with Crippen LogP contribution in [0.5, 0.6) is 0 Å². The molecule has 5 nitrogen and oxygen atoms in total. The van der Waals surface area contributed by atoms with E-state index in [0.29, 0.717) is 19.3 Å². The molecule has 0 bridgehead atoms. The summed E-state index contributed by atoms with van der Waals surface area (Å²) < 4.78 is 13.3. The van der Waals surface area contributed by atoms with E-state index in [4.69, 9.17) is 6.42 Å². The molecule has 2 heterocycles. The SMILES string of the molecule is C#CCCC1(CCC(=O)NC2CCCN(c3ccc(F)cc3C)C2)N=N1. The fourth-order valence-corrected chi connectivity index (χ4v) is 3.57. The molecule has 2 aliphatic heterocycles. The third-order valence-corrected chi connectivity index (χ3v) is 5.09. The number of aryl methyl sites for hydroxylation is 1. The number of terminal acetylenes is 1. The number of anilines is 1. The molecule has 1 fully saturated rings. The smallest absolute Gasteiger partial charge is 0.220 e. The number of amides is 1. The first-order chi connectivity index (χ1) is 12.5. The summed E-state index contributed by atoms with van der Waals surface area (Å²) in [5, 5.41) is 11.3. The Bertz CT molecular complexity index is 734. The highest BCUT2D eigenvalue weighted by Crippen LogP contribution is 2.37. The minimum atomic E-state index is -0.409. The van der Waals surface area contributed by atoms with Gasteiger partial charge in [0.2, 0.25) is 5.91 Å². The number of carbonyl (C=O) groups is 1. The summed E-state index contributed by atoms with van der Waals surface area (Å²) in [4.78, 5) is 14.5. The Morgan fingerprint density at radius 2 is 2.27 bits per heavy atom. The lowest BCUT2D eigenvalue weighted by Gasteiger charge is -2.35. The number of hydrogen-bond acceptors (Lipinski definition) is 4. The van der Waals surface area contributed by atoms with Gasteiger partial charge in [-0.1, -0.05) is 0 Å². The van der Waals surface area contributed by atoms with E-state index in [1.54, 1.807) is 6.07 Å². The average molecular weight is 356 g/mol. The molecular weight excluding hydrogens is 331 g/mol. The van der Waals surface area contributed by atoms with Crippen molar-refractivity contribution in [3.05, 3.63) is 29.6 Å². The predicted octanol–water partition coefficient (Wildman–Crippen LogP) is 3.57. The van der Waals surface area contributed by atoms with Crippen molar-refractivity contribution in [2.24, 2.45) is 10.2 Å². The van der Waals surface area contributed by atoms with E-state index in [-0.39, 0.29) is 17.8 Å². The normalized spacial score (nSPS) is 20.5. The van der Waals surface area contributed by atoms with Gasteiger partial charge in [-0.3, -0.25) is 4.79 Å². The molecule has 1 saturated heterocycles. The molecule has 3 rings (SSSR count). The van der Waals surface area contributed by atoms with Gasteiger partial charge in [-0.05, 0) is 43.5 Å². The molecule has 0 spiro atoms. The van der Waals surface area contributed by atoms with Gasteiger partial charge in [-0.25, -0.2) is 4.39 Å². The number of nitrogens with one attached hydrogen (secondary N) is 1. The highest BCUT2D eigenvalue weighted by Gasteiger charge is 2.39. The first-order valence-electron chi connectivity index (χ1n) is 9.19. The standard InChI is InChI=1S/C20H25FN4O/c1-3-4-10-20(23-24-20)11-9-19(26)22-17-6-5-12-25(14-17)18-8-7-16(21)13-15(18)2/h1,7-8,13,17H,4-6,9-12,14H2,2H3,(H,22,26). The topological polar surface area (TPSA) is 57.1 Å². The van der Waals surface area contributed by atoms with E-state index in [1.807, 2.05) is 13.0 Å². The van der Waals surface area contributed by atoms with Crippen molar-refractivity contribution in [2.45, 2.75) is 57.2 Å². The first-order valence-corrected chi connectivity index (χ1v) is 9.19. The van der Waals surface area contributed by atoms with Gasteiger partial charge in [-0.2, -0.15) is 10.2 Å². The van der Waals surface area contributed by atoms with Crippen LogP contribution in [-0.4, -0.2) is 30.7 Å². The number of hydrogen-bond donors (Lipinski definition) is 1. The molecule has 1 unspecified atom stereocenters. The Morgan fingerprint density at radius 3 is 2.96 bits per heavy atom. The fourth-order valence-electron chi connectivity index (χ4n) is 3.57. The van der Waals surface area contributed by atoms with Crippen molar-refractivity contribution in [1.29, 1.82) is 0 Å². The lowest BCUT2D eigenvalue weighted by molar-refractivity contribution is -0.122. The number of nitrogens with zero attached hydrogens (tertiary/aromatic N) is 3. The number of rotatable bonds is 7. The summed E-state index contributed by atoms with van der Waals surface area (Å²) in [5.74, 6) is 2.41. The summed E-state index contributed by atoms with van der Waals surface area (Å²) in [5.41, 5.74) is 1.55. The largest absolute Gasteiger partial charge is 0.369 e. The molecule has 0 saturated carbocycles. The zero-order chi connectivity index (χ0) is 18.6. The second kappa shape index (κ2) is 7.86. The van der Waals surface area contributed by atoms with E-state index < -0.39 is 5.66 Å². The molecule has 0 radical (unpaired) electrons. The van der Waals surface area contributed by atoms with Crippen LogP contribution in [0.2, 0.25) is 0 Å². The fraction of sp³-hybridized carbons (Fsp3) is 0.550. The molecule has 6 heteroatoms. The van der Waals surface area contributed by atoms with Crippen LogP contribution in [0.4, 0.5) is 10.1 Å². The van der Waals surface area contributed by atoms with E-state index >= 15 is 0 Å². The molecule has 2 aliphatic rings. The minimum Gasteiger partial charge on any atom is -0.369 e. The van der Waals surface area contributed by atoms with Gasteiger partial charge in [0.1, 0.15) is 5.82 Å². The van der Waals surface area contributed by atoms with Crippen molar-refractivity contribution in [2.75, 3.05) is 18.0 Å². The maximum absolute atomic E-state index is 13.3. The predicted molar refractivity (Wildman–Crippen MR) is 99.4 cm³/mol. The third kappa shape index (κ3) is 4.60. The van der Waals surface area contributed by atoms with Crippen molar-refractivity contribution in [3.63, 3.8) is 0 Å². The van der Waals surface area contributed by atoms with Crippen molar-refractivity contribution < 1.29 is 9.18 Å². The van der Waals surface area contributed by atoms with E-state index in [9.17, 15) is 9.18 Å². The molecule has 1 amide bonds. The number of halogens is 1. The second-order valence-electron chi connectivity index (χ2n) is 7.17. The van der Waals surface area contributed by atoms with Crippen LogP contribution in [0.15, 0.2) is 28.4 Å². The van der Waals surface area contributed by atoms with Gasteiger partial charge in [0.25, 0.3) is 0 Å². The monoisotopic (exact) mass is 356 g/mol. The van der Waals surface area contributed by atoms with Crippen LogP contribution < -0.4 is 10.2 Å². The zero-order valence-corrected chi connectivity index (χ0v) is 15.2. The lowest BCUT2D eigenvalue weighted by atomic mass is 10.0. The molecule has 138 valence electrons. The molecule has 1 N–H and O–H groups in total. The molecule has 0 aliphatic carbocycles. The summed E-state index contributed by atoms with van der Waals surface area (Å²) in [6.07, 6.45) is 9.61. The van der Waals surface area contributed by atoms with E-state index in [0.717, 1.165) is 43.6 Å². The summed E-state index contributed by atoms with van der Waals surface area (Å²) >= 11 is 0. The molecular formula is C20H25FN4O. The van der Waals surface area contributed by atoms with Gasteiger partial charge in [0.05, 0.1) is 0 Å². The Labute approximate surface area is 154 Å². The summed E-state index contributed by atoms with van der Waals surface area (Å²) in [6.45, 7) is 3.58. The number of carbonyl (C=O) groups excluding carboxylic acids is 1. The maximum atomic E-state index is 13.3. The lowest BCUT2D eigenvalue weighted by Crippen LogP contribution is -2.48.